The van der Waals surface area contributed by atoms with Crippen LogP contribution in [0.5, 0.6) is 11.5 Å². The maximum atomic E-state index is 11.7. The lowest BCUT2D eigenvalue weighted by molar-refractivity contribution is 0.0696. The highest BCUT2D eigenvalue weighted by Gasteiger charge is 2.24. The number of nitrogens with zero attached hydrogens (tertiary/aromatic N) is 1. The van der Waals surface area contributed by atoms with Crippen LogP contribution in [0, 0.1) is 0 Å². The summed E-state index contributed by atoms with van der Waals surface area (Å²) in [6, 6.07) is 11.5. The Hall–Kier alpha value is -2.54. The number of aromatic carboxylic acids is 1. The smallest absolute Gasteiger partial charge is 0.335 e. The van der Waals surface area contributed by atoms with Crippen LogP contribution in [-0.2, 0) is 10.7 Å². The Kier molecular flexibility index (Phi) is 4.71. The zero-order chi connectivity index (χ0) is 17.1. The fraction of sp³-hybridized carbons (Fsp3) is 0.235. The van der Waals surface area contributed by atoms with Crippen LogP contribution in [0.3, 0.4) is 0 Å². The van der Waals surface area contributed by atoms with E-state index in [9.17, 15) is 18.3 Å². The molecule has 0 radical (unpaired) electrons. The van der Waals surface area contributed by atoms with Crippen molar-refractivity contribution in [2.75, 3.05) is 18.0 Å². The van der Waals surface area contributed by atoms with Gasteiger partial charge in [0.15, 0.2) is 16.5 Å². The van der Waals surface area contributed by atoms with Crippen molar-refractivity contribution in [2.45, 2.75) is 17.7 Å². The van der Waals surface area contributed by atoms with Gasteiger partial charge in [-0.25, -0.2) is 13.2 Å². The van der Waals surface area contributed by atoms with Crippen LogP contribution in [0.2, 0.25) is 0 Å². The highest BCUT2D eigenvalue weighted by atomic mass is 32.2. The topological polar surface area (TPSA) is 83.9 Å². The average molecular weight is 347 g/mol. The molecule has 0 unspecified atom stereocenters. The number of para-hydroxylation sites is 1. The van der Waals surface area contributed by atoms with E-state index in [1.165, 1.54) is 6.07 Å². The first-order valence-electron chi connectivity index (χ1n) is 7.60. The minimum atomic E-state index is -3.00. The van der Waals surface area contributed by atoms with Crippen molar-refractivity contribution in [1.29, 1.82) is 0 Å². The predicted octanol–water partition coefficient (Wildman–Crippen LogP) is 2.75. The van der Waals surface area contributed by atoms with Crippen LogP contribution in [0.15, 0.2) is 47.4 Å². The van der Waals surface area contributed by atoms with Gasteiger partial charge in [-0.3, -0.25) is 0 Å². The SMILES string of the molecule is O=C(O)c1cc(N2CCCC2)c(Oc2ccccc2)c([SH](=O)=O)c1. The predicted molar refractivity (Wildman–Crippen MR) is 89.9 cm³/mol. The first-order chi connectivity index (χ1) is 11.6. The number of carboxylic acids is 1. The minimum absolute atomic E-state index is 0.0634. The van der Waals surface area contributed by atoms with Crippen molar-refractivity contribution < 1.29 is 23.1 Å². The van der Waals surface area contributed by atoms with Crippen molar-refractivity contribution in [3.63, 3.8) is 0 Å². The van der Waals surface area contributed by atoms with Gasteiger partial charge in [-0.1, -0.05) is 18.2 Å². The number of hydrogen-bond donors (Lipinski definition) is 2. The largest absolute Gasteiger partial charge is 0.478 e. The van der Waals surface area contributed by atoms with Gasteiger partial charge in [-0.15, -0.1) is 0 Å². The number of hydrogen-bond acceptors (Lipinski definition) is 5. The summed E-state index contributed by atoms with van der Waals surface area (Å²) in [6.07, 6.45) is 1.95. The maximum absolute atomic E-state index is 11.7. The summed E-state index contributed by atoms with van der Waals surface area (Å²) in [5.41, 5.74) is 0.442. The average Bonchev–Trinajstić information content (AvgIpc) is 3.09. The molecule has 126 valence electrons. The molecular formula is C17H17NO5S. The van der Waals surface area contributed by atoms with Gasteiger partial charge in [-0.05, 0) is 37.1 Å². The molecule has 2 aromatic rings. The van der Waals surface area contributed by atoms with E-state index >= 15 is 0 Å². The van der Waals surface area contributed by atoms with Crippen molar-refractivity contribution in [3.8, 4) is 11.5 Å². The molecule has 0 atom stereocenters. The molecule has 1 N–H and O–H groups in total. The number of benzene rings is 2. The van der Waals surface area contributed by atoms with E-state index in [0.717, 1.165) is 32.0 Å². The van der Waals surface area contributed by atoms with Crippen molar-refractivity contribution in [3.05, 3.63) is 48.0 Å². The van der Waals surface area contributed by atoms with Crippen LogP contribution < -0.4 is 9.64 Å². The summed E-state index contributed by atoms with van der Waals surface area (Å²) >= 11 is 0. The zero-order valence-electron chi connectivity index (χ0n) is 12.8. The highest BCUT2D eigenvalue weighted by molar-refractivity contribution is 7.72. The first kappa shape index (κ1) is 16.3. The maximum Gasteiger partial charge on any atom is 0.335 e. The molecule has 1 fully saturated rings. The molecule has 6 nitrogen and oxygen atoms in total. The first-order valence-corrected chi connectivity index (χ1v) is 8.77. The molecule has 1 heterocycles. The van der Waals surface area contributed by atoms with Crippen LogP contribution in [0.4, 0.5) is 5.69 Å². The van der Waals surface area contributed by atoms with Gasteiger partial charge in [0, 0.05) is 13.1 Å². The number of rotatable bonds is 5. The number of ether oxygens (including phenoxy) is 1. The van der Waals surface area contributed by atoms with Gasteiger partial charge in [0.05, 0.1) is 11.3 Å². The highest BCUT2D eigenvalue weighted by Crippen LogP contribution is 2.39. The fourth-order valence-corrected chi connectivity index (χ4v) is 3.33. The Morgan fingerprint density at radius 1 is 1.08 bits per heavy atom. The fourth-order valence-electron chi connectivity index (χ4n) is 2.76. The molecule has 0 spiro atoms. The minimum Gasteiger partial charge on any atom is -0.478 e. The second-order valence-corrected chi connectivity index (χ2v) is 6.51. The third-order valence-corrected chi connectivity index (χ3v) is 4.63. The van der Waals surface area contributed by atoms with E-state index < -0.39 is 16.7 Å². The molecule has 24 heavy (non-hydrogen) atoms. The van der Waals surface area contributed by atoms with Crippen LogP contribution in [0.25, 0.3) is 0 Å². The Morgan fingerprint density at radius 2 is 1.75 bits per heavy atom. The molecule has 7 heteroatoms. The Morgan fingerprint density at radius 3 is 2.33 bits per heavy atom. The summed E-state index contributed by atoms with van der Waals surface area (Å²) in [5, 5.41) is 9.28. The molecule has 2 aromatic carbocycles. The number of carboxylic acid groups (broad SMARTS) is 1. The summed E-state index contributed by atoms with van der Waals surface area (Å²) in [7, 11) is -3.00. The van der Waals surface area contributed by atoms with E-state index in [4.69, 9.17) is 4.74 Å². The third kappa shape index (κ3) is 3.35. The quantitative estimate of drug-likeness (QED) is 0.809. The van der Waals surface area contributed by atoms with E-state index in [2.05, 4.69) is 0 Å². The van der Waals surface area contributed by atoms with Gasteiger partial charge in [0.2, 0.25) is 0 Å². The molecule has 0 aliphatic carbocycles. The van der Waals surface area contributed by atoms with Crippen molar-refractivity contribution >= 4 is 22.4 Å². The summed E-state index contributed by atoms with van der Waals surface area (Å²) < 4.78 is 29.2. The van der Waals surface area contributed by atoms with Crippen LogP contribution in [-0.4, -0.2) is 32.6 Å². The van der Waals surface area contributed by atoms with Crippen LogP contribution >= 0.6 is 0 Å². The zero-order valence-corrected chi connectivity index (χ0v) is 13.7. The van der Waals surface area contributed by atoms with Gasteiger partial charge in [0.1, 0.15) is 10.6 Å². The monoisotopic (exact) mass is 347 g/mol. The molecule has 0 saturated carbocycles. The summed E-state index contributed by atoms with van der Waals surface area (Å²) in [4.78, 5) is 13.2. The van der Waals surface area contributed by atoms with Gasteiger partial charge in [0.25, 0.3) is 0 Å². The van der Waals surface area contributed by atoms with Crippen molar-refractivity contribution in [2.24, 2.45) is 0 Å². The molecule has 0 aromatic heterocycles. The van der Waals surface area contributed by atoms with Gasteiger partial charge < -0.3 is 14.7 Å². The lowest BCUT2D eigenvalue weighted by Crippen LogP contribution is -2.19. The molecule has 0 amide bonds. The lowest BCUT2D eigenvalue weighted by atomic mass is 10.1. The molecule has 3 rings (SSSR count). The van der Waals surface area contributed by atoms with Gasteiger partial charge >= 0.3 is 5.97 Å². The second-order valence-electron chi connectivity index (χ2n) is 5.52. The second kappa shape index (κ2) is 6.92. The van der Waals surface area contributed by atoms with E-state index in [1.807, 2.05) is 11.0 Å². The van der Waals surface area contributed by atoms with E-state index in [0.29, 0.717) is 11.4 Å². The summed E-state index contributed by atoms with van der Waals surface area (Å²) in [5.74, 6) is -0.483. The standard InChI is InChI=1S/C17H17NO5S/c19-17(20)12-10-14(18-8-4-5-9-18)16(15(11-12)24(21)22)23-13-6-2-1-3-7-13/h1-3,6-7,10-11,24H,4-5,8-9H2,(H,19,20). The van der Waals surface area contributed by atoms with E-state index in [1.54, 1.807) is 24.3 Å². The third-order valence-electron chi connectivity index (χ3n) is 3.90. The van der Waals surface area contributed by atoms with Gasteiger partial charge in [-0.2, -0.15) is 0 Å². The number of thiol groups is 1. The molecular weight excluding hydrogens is 330 g/mol. The Balaban J connectivity index is 2.16. The molecule has 1 aliphatic rings. The number of carbonyl (C=O) groups is 1. The Bertz CT molecular complexity index is 818. The molecule has 0 bridgehead atoms. The van der Waals surface area contributed by atoms with E-state index in [-0.39, 0.29) is 16.2 Å². The normalized spacial score (nSPS) is 14.1. The molecule has 1 saturated heterocycles. The lowest BCUT2D eigenvalue weighted by Gasteiger charge is -2.23. The van der Waals surface area contributed by atoms with Crippen molar-refractivity contribution in [1.82, 2.24) is 0 Å². The molecule has 1 aliphatic heterocycles. The van der Waals surface area contributed by atoms with Crippen LogP contribution in [0.1, 0.15) is 23.2 Å². The summed E-state index contributed by atoms with van der Waals surface area (Å²) in [6.45, 7) is 1.48. The number of anilines is 1. The Labute approximate surface area is 141 Å².